The number of rotatable bonds is 4. The Morgan fingerprint density at radius 2 is 2.00 bits per heavy atom. The summed E-state index contributed by atoms with van der Waals surface area (Å²) in [5.41, 5.74) is 6.45. The number of fused-ring (bicyclic) bond motifs is 1. The normalized spacial score (nSPS) is 40.6. The van der Waals surface area contributed by atoms with Gasteiger partial charge in [0.25, 0.3) is 0 Å². The van der Waals surface area contributed by atoms with Crippen molar-refractivity contribution in [2.45, 2.75) is 75.9 Å². The molecule has 2 aliphatic heterocycles. The molecule has 6 unspecified atom stereocenters. The summed E-state index contributed by atoms with van der Waals surface area (Å²) in [4.78, 5) is 14.9. The lowest BCUT2D eigenvalue weighted by atomic mass is 9.73. The Morgan fingerprint density at radius 1 is 1.21 bits per heavy atom. The molecular formula is C20H32F3N3OS. The number of carbonyl (C=O) groups is 1. The number of likely N-dealkylation sites (tertiary alicyclic amines) is 1. The Bertz CT molecular complexity index is 569. The van der Waals surface area contributed by atoms with Crippen LogP contribution >= 0.6 is 11.8 Å². The van der Waals surface area contributed by atoms with Crippen molar-refractivity contribution in [3.8, 4) is 0 Å². The molecule has 4 nitrogen and oxygen atoms in total. The first-order valence-electron chi connectivity index (χ1n) is 10.8. The number of nitrogens with one attached hydrogen (secondary N) is 2. The maximum atomic E-state index is 13.5. The van der Waals surface area contributed by atoms with Gasteiger partial charge in [0.1, 0.15) is 0 Å². The van der Waals surface area contributed by atoms with Crippen molar-refractivity contribution in [3.63, 3.8) is 0 Å². The third-order valence-electron chi connectivity index (χ3n) is 7.63. The van der Waals surface area contributed by atoms with Crippen molar-refractivity contribution in [3.05, 3.63) is 0 Å². The van der Waals surface area contributed by atoms with Gasteiger partial charge in [-0.1, -0.05) is 26.2 Å². The molecule has 160 valence electrons. The Hall–Kier alpha value is -0.470. The molecule has 8 heteroatoms. The van der Waals surface area contributed by atoms with E-state index in [1.807, 2.05) is 16.7 Å². The largest absolute Gasteiger partial charge is 0.392 e. The molecule has 0 aromatic rings. The number of alkyl halides is 3. The molecule has 28 heavy (non-hydrogen) atoms. The minimum atomic E-state index is -4.18. The molecule has 0 aromatic carbocycles. The highest BCUT2D eigenvalue weighted by molar-refractivity contribution is 8.00. The Kier molecular flexibility index (Phi) is 6.19. The number of hydrogen-bond acceptors (Lipinski definition) is 4. The van der Waals surface area contributed by atoms with E-state index in [4.69, 9.17) is 0 Å². The summed E-state index contributed by atoms with van der Waals surface area (Å²) in [5.74, 6) is -0.180. The van der Waals surface area contributed by atoms with Crippen LogP contribution in [-0.2, 0) is 4.79 Å². The van der Waals surface area contributed by atoms with Gasteiger partial charge in [0.2, 0.25) is 5.91 Å². The highest BCUT2D eigenvalue weighted by atomic mass is 32.2. The van der Waals surface area contributed by atoms with Crippen LogP contribution in [0.1, 0.15) is 58.3 Å². The lowest BCUT2D eigenvalue weighted by Crippen LogP contribution is -2.42. The number of thioether (sulfide) groups is 1. The fourth-order valence-electron chi connectivity index (χ4n) is 6.09. The zero-order valence-electron chi connectivity index (χ0n) is 16.5. The van der Waals surface area contributed by atoms with Crippen LogP contribution in [0, 0.1) is 29.6 Å². The topological polar surface area (TPSA) is 44.4 Å². The molecule has 0 aromatic heterocycles. The van der Waals surface area contributed by atoms with Gasteiger partial charge in [0.15, 0.2) is 0 Å². The van der Waals surface area contributed by atoms with Crippen LogP contribution in [0.2, 0.25) is 0 Å². The van der Waals surface area contributed by atoms with E-state index in [-0.39, 0.29) is 18.4 Å². The minimum Gasteiger partial charge on any atom is -0.339 e. The number of nitrogens with zero attached hydrogens (tertiary/aromatic N) is 1. The first-order valence-corrected chi connectivity index (χ1v) is 11.9. The van der Waals surface area contributed by atoms with Gasteiger partial charge >= 0.3 is 6.18 Å². The molecule has 0 bridgehead atoms. The van der Waals surface area contributed by atoms with Crippen molar-refractivity contribution in [1.29, 1.82) is 0 Å². The van der Waals surface area contributed by atoms with Gasteiger partial charge in [-0.3, -0.25) is 4.79 Å². The van der Waals surface area contributed by atoms with Gasteiger partial charge in [0.05, 0.1) is 17.2 Å². The summed E-state index contributed by atoms with van der Waals surface area (Å²) >= 11 is 1.88. The van der Waals surface area contributed by atoms with Crippen molar-refractivity contribution < 1.29 is 18.0 Å². The maximum Gasteiger partial charge on any atom is 0.392 e. The van der Waals surface area contributed by atoms with Gasteiger partial charge in [-0.05, 0) is 49.9 Å². The summed E-state index contributed by atoms with van der Waals surface area (Å²) in [7, 11) is 0. The first-order chi connectivity index (χ1) is 13.3. The molecular weight excluding hydrogens is 387 g/mol. The fraction of sp³-hybridized carbons (Fsp3) is 0.950. The van der Waals surface area contributed by atoms with Crippen LogP contribution in [0.3, 0.4) is 0 Å². The molecule has 0 spiro atoms. The number of carbonyl (C=O) groups excluding carboxylic acids is 1. The van der Waals surface area contributed by atoms with E-state index in [2.05, 4.69) is 17.8 Å². The van der Waals surface area contributed by atoms with E-state index in [1.54, 1.807) is 0 Å². The fourth-order valence-corrected chi connectivity index (χ4v) is 7.06. The third-order valence-corrected chi connectivity index (χ3v) is 8.65. The second-order valence-corrected chi connectivity index (χ2v) is 10.4. The molecule has 4 fully saturated rings. The summed E-state index contributed by atoms with van der Waals surface area (Å²) in [6.45, 7) is 2.61. The molecule has 2 saturated carbocycles. The molecule has 4 rings (SSSR count). The maximum absolute atomic E-state index is 13.5. The van der Waals surface area contributed by atoms with Crippen LogP contribution in [0.4, 0.5) is 13.2 Å². The Balaban J connectivity index is 1.40. The van der Waals surface area contributed by atoms with Gasteiger partial charge in [-0.25, -0.2) is 10.9 Å². The highest BCUT2D eigenvalue weighted by Gasteiger charge is 2.55. The Morgan fingerprint density at radius 3 is 2.71 bits per heavy atom. The lowest BCUT2D eigenvalue weighted by molar-refractivity contribution is -0.198. The highest BCUT2D eigenvalue weighted by Crippen LogP contribution is 2.49. The molecule has 7 atom stereocenters. The predicted molar refractivity (Wildman–Crippen MR) is 104 cm³/mol. The average Bonchev–Trinajstić information content (AvgIpc) is 3.29. The van der Waals surface area contributed by atoms with E-state index in [1.165, 1.54) is 6.42 Å². The molecule has 4 aliphatic rings. The predicted octanol–water partition coefficient (Wildman–Crippen LogP) is 4.13. The standard InChI is InChI=1S/C20H32F3N3OS/c1-12(8-18-25-24-11-28-18)13-4-2-5-14(9-13)26-10-16-15(19(26)27)6-3-7-17(16)20(21,22)23/h12-18,24-25H,2-11H2,1H3/t12-,13?,14?,15?,16?,17?,18?/m1/s1. The molecule has 1 amide bonds. The monoisotopic (exact) mass is 419 g/mol. The van der Waals surface area contributed by atoms with Gasteiger partial charge in [0, 0.05) is 18.5 Å². The number of hydrogen-bond donors (Lipinski definition) is 2. The van der Waals surface area contributed by atoms with Crippen molar-refractivity contribution in [1.82, 2.24) is 15.8 Å². The summed E-state index contributed by atoms with van der Waals surface area (Å²) in [5, 5.41) is 0.430. The van der Waals surface area contributed by atoms with Crippen molar-refractivity contribution in [2.24, 2.45) is 29.6 Å². The van der Waals surface area contributed by atoms with Gasteiger partial charge < -0.3 is 4.90 Å². The van der Waals surface area contributed by atoms with E-state index in [9.17, 15) is 18.0 Å². The van der Waals surface area contributed by atoms with Gasteiger partial charge in [-0.15, -0.1) is 11.8 Å². The summed E-state index contributed by atoms with van der Waals surface area (Å²) in [6.07, 6.45) is 2.40. The quantitative estimate of drug-likeness (QED) is 0.719. The van der Waals surface area contributed by atoms with Crippen LogP contribution in [0.5, 0.6) is 0 Å². The zero-order valence-corrected chi connectivity index (χ0v) is 17.3. The van der Waals surface area contributed by atoms with E-state index in [0.29, 0.717) is 36.6 Å². The van der Waals surface area contributed by atoms with Gasteiger partial charge in [-0.2, -0.15) is 13.2 Å². The second kappa shape index (κ2) is 8.34. The Labute approximate surface area is 169 Å². The molecule has 2 N–H and O–H groups in total. The van der Waals surface area contributed by atoms with Crippen LogP contribution in [-0.4, -0.2) is 40.8 Å². The number of halogens is 3. The summed E-state index contributed by atoms with van der Waals surface area (Å²) in [6, 6.07) is 0.135. The molecule has 2 aliphatic carbocycles. The number of amides is 1. The van der Waals surface area contributed by atoms with E-state index in [0.717, 1.165) is 31.6 Å². The second-order valence-electron chi connectivity index (χ2n) is 9.25. The van der Waals surface area contributed by atoms with Crippen LogP contribution < -0.4 is 10.9 Å². The van der Waals surface area contributed by atoms with Crippen molar-refractivity contribution in [2.75, 3.05) is 12.4 Å². The molecule has 2 saturated heterocycles. The SMILES string of the molecule is C[C@H](CC1NNCS1)C1CCCC(N2CC3C(CCCC3C(F)(F)F)C2=O)C1. The zero-order chi connectivity index (χ0) is 19.9. The smallest absolute Gasteiger partial charge is 0.339 e. The first kappa shape index (κ1) is 20.8. The van der Waals surface area contributed by atoms with E-state index < -0.39 is 23.9 Å². The minimum absolute atomic E-state index is 0.00877. The lowest BCUT2D eigenvalue weighted by Gasteiger charge is -2.38. The van der Waals surface area contributed by atoms with Crippen LogP contribution in [0.25, 0.3) is 0 Å². The van der Waals surface area contributed by atoms with E-state index >= 15 is 0 Å². The van der Waals surface area contributed by atoms with Crippen molar-refractivity contribution >= 4 is 17.7 Å². The molecule has 2 heterocycles. The number of hydrazine groups is 1. The third kappa shape index (κ3) is 4.19. The van der Waals surface area contributed by atoms with Crippen LogP contribution in [0.15, 0.2) is 0 Å². The summed E-state index contributed by atoms with van der Waals surface area (Å²) < 4.78 is 40.5. The average molecular weight is 420 g/mol. The molecule has 0 radical (unpaired) electrons.